The molecule has 39 heavy (non-hydrogen) atoms. The van der Waals surface area contributed by atoms with Gasteiger partial charge in [-0.2, -0.15) is 13.2 Å². The van der Waals surface area contributed by atoms with E-state index in [2.05, 4.69) is 37.1 Å². The van der Waals surface area contributed by atoms with Crippen molar-refractivity contribution >= 4 is 38.3 Å². The molecular formula is C26H26F3N7O2S. The number of alkyl halides is 3. The molecule has 4 aromatic rings. The maximum absolute atomic E-state index is 13.1. The molecule has 5 rings (SSSR count). The second-order valence-electron chi connectivity index (χ2n) is 9.48. The number of aromatic nitrogens is 4. The van der Waals surface area contributed by atoms with Crippen LogP contribution in [-0.2, 0) is 21.8 Å². The standard InChI is InChI=1S/C26H26F3N7O2S/c1-17-6-7-18(15-39(37,38)20-5-3-4-19(13-20)26(27,28)29)12-21(17)33-24-23-22(31-16-32-24)14-30-25(34-23)36-10-8-35(2)9-11-36/h3-7,12-14,16H,8-11,15H2,1-2H3,(H,31,32,33). The number of rotatable bonds is 6. The number of sulfone groups is 1. The lowest BCUT2D eigenvalue weighted by atomic mass is 10.1. The van der Waals surface area contributed by atoms with Crippen LogP contribution in [0.2, 0.25) is 0 Å². The van der Waals surface area contributed by atoms with Crippen LogP contribution in [0.15, 0.2) is 59.9 Å². The van der Waals surface area contributed by atoms with Gasteiger partial charge >= 0.3 is 6.18 Å². The van der Waals surface area contributed by atoms with Gasteiger partial charge in [-0.3, -0.25) is 0 Å². The number of aryl methyl sites for hydroxylation is 1. The summed E-state index contributed by atoms with van der Waals surface area (Å²) in [6.07, 6.45) is -1.60. The molecule has 3 heterocycles. The Balaban J connectivity index is 1.42. The Morgan fingerprint density at radius 3 is 2.51 bits per heavy atom. The van der Waals surface area contributed by atoms with Crippen molar-refractivity contribution in [1.82, 2.24) is 24.8 Å². The predicted octanol–water partition coefficient (Wildman–Crippen LogP) is 4.22. The number of piperazine rings is 1. The van der Waals surface area contributed by atoms with Crippen LogP contribution in [0.5, 0.6) is 0 Å². The van der Waals surface area contributed by atoms with Crippen molar-refractivity contribution in [3.63, 3.8) is 0 Å². The van der Waals surface area contributed by atoms with Gasteiger partial charge in [-0.1, -0.05) is 18.2 Å². The Labute approximate surface area is 223 Å². The summed E-state index contributed by atoms with van der Waals surface area (Å²) in [5.74, 6) is 0.536. The zero-order valence-electron chi connectivity index (χ0n) is 21.3. The monoisotopic (exact) mass is 557 g/mol. The fourth-order valence-corrected chi connectivity index (χ4v) is 5.66. The van der Waals surface area contributed by atoms with Gasteiger partial charge in [0.2, 0.25) is 5.95 Å². The second kappa shape index (κ2) is 10.4. The summed E-state index contributed by atoms with van der Waals surface area (Å²) in [4.78, 5) is 21.8. The van der Waals surface area contributed by atoms with Crippen LogP contribution in [0, 0.1) is 6.92 Å². The first-order valence-electron chi connectivity index (χ1n) is 12.2. The predicted molar refractivity (Wildman–Crippen MR) is 142 cm³/mol. The molecule has 0 amide bonds. The van der Waals surface area contributed by atoms with Crippen molar-refractivity contribution in [3.05, 3.63) is 71.7 Å². The maximum atomic E-state index is 13.1. The molecule has 1 aliphatic rings. The lowest BCUT2D eigenvalue weighted by molar-refractivity contribution is -0.137. The topological polar surface area (TPSA) is 104 Å². The Morgan fingerprint density at radius 2 is 1.77 bits per heavy atom. The zero-order valence-corrected chi connectivity index (χ0v) is 22.1. The number of hydrogen-bond donors (Lipinski definition) is 1. The number of anilines is 3. The lowest BCUT2D eigenvalue weighted by Gasteiger charge is -2.32. The molecule has 0 spiro atoms. The van der Waals surface area contributed by atoms with E-state index in [-0.39, 0.29) is 4.90 Å². The summed E-state index contributed by atoms with van der Waals surface area (Å²) in [5, 5.41) is 3.24. The first-order valence-corrected chi connectivity index (χ1v) is 13.8. The minimum Gasteiger partial charge on any atom is -0.338 e. The summed E-state index contributed by atoms with van der Waals surface area (Å²) in [6.45, 7) is 5.22. The number of benzene rings is 2. The lowest BCUT2D eigenvalue weighted by Crippen LogP contribution is -2.45. The van der Waals surface area contributed by atoms with Crippen molar-refractivity contribution in [1.29, 1.82) is 0 Å². The normalized spacial score (nSPS) is 15.1. The smallest absolute Gasteiger partial charge is 0.338 e. The highest BCUT2D eigenvalue weighted by atomic mass is 32.2. The van der Waals surface area contributed by atoms with E-state index in [0.717, 1.165) is 43.9 Å². The van der Waals surface area contributed by atoms with E-state index >= 15 is 0 Å². The Hall–Kier alpha value is -3.84. The van der Waals surface area contributed by atoms with E-state index in [9.17, 15) is 21.6 Å². The average Bonchev–Trinajstić information content (AvgIpc) is 2.90. The van der Waals surface area contributed by atoms with E-state index in [1.54, 1.807) is 24.4 Å². The maximum Gasteiger partial charge on any atom is 0.416 e. The molecule has 2 aromatic heterocycles. The van der Waals surface area contributed by atoms with Crippen molar-refractivity contribution in [2.75, 3.05) is 43.4 Å². The average molecular weight is 558 g/mol. The third-order valence-electron chi connectivity index (χ3n) is 6.58. The molecule has 2 aromatic carbocycles. The van der Waals surface area contributed by atoms with Crippen molar-refractivity contribution in [3.8, 4) is 0 Å². The summed E-state index contributed by atoms with van der Waals surface area (Å²) in [6, 6.07) is 8.80. The van der Waals surface area contributed by atoms with Crippen LogP contribution in [0.4, 0.5) is 30.6 Å². The Kier molecular flexibility index (Phi) is 7.12. The largest absolute Gasteiger partial charge is 0.416 e. The number of nitrogens with one attached hydrogen (secondary N) is 1. The van der Waals surface area contributed by atoms with Gasteiger partial charge in [-0.25, -0.2) is 28.4 Å². The van der Waals surface area contributed by atoms with E-state index < -0.39 is 27.3 Å². The molecular weight excluding hydrogens is 531 g/mol. The van der Waals surface area contributed by atoms with Gasteiger partial charge in [0.25, 0.3) is 0 Å². The molecule has 0 radical (unpaired) electrons. The molecule has 9 nitrogen and oxygen atoms in total. The third kappa shape index (κ3) is 5.93. The van der Waals surface area contributed by atoms with Gasteiger partial charge in [-0.15, -0.1) is 0 Å². The van der Waals surface area contributed by atoms with Gasteiger partial charge in [0.1, 0.15) is 17.4 Å². The zero-order chi connectivity index (χ0) is 27.8. The molecule has 0 aliphatic carbocycles. The highest BCUT2D eigenvalue weighted by molar-refractivity contribution is 7.90. The van der Waals surface area contributed by atoms with Crippen LogP contribution >= 0.6 is 0 Å². The van der Waals surface area contributed by atoms with Gasteiger partial charge in [0.15, 0.2) is 15.7 Å². The highest BCUT2D eigenvalue weighted by Crippen LogP contribution is 2.32. The molecule has 0 bridgehead atoms. The molecule has 204 valence electrons. The van der Waals surface area contributed by atoms with E-state index in [0.29, 0.717) is 40.1 Å². The van der Waals surface area contributed by atoms with Crippen LogP contribution in [0.3, 0.4) is 0 Å². The van der Waals surface area contributed by atoms with Gasteiger partial charge in [0.05, 0.1) is 22.4 Å². The molecule has 1 saturated heterocycles. The van der Waals surface area contributed by atoms with Crippen molar-refractivity contribution in [2.24, 2.45) is 0 Å². The Bertz CT molecular complexity index is 1620. The first kappa shape index (κ1) is 26.8. The summed E-state index contributed by atoms with van der Waals surface area (Å²) in [5.41, 5.74) is 1.87. The van der Waals surface area contributed by atoms with Crippen molar-refractivity contribution < 1.29 is 21.6 Å². The molecule has 1 N–H and O–H groups in total. The van der Waals surface area contributed by atoms with Crippen LogP contribution in [0.1, 0.15) is 16.7 Å². The van der Waals surface area contributed by atoms with Gasteiger partial charge in [0, 0.05) is 31.9 Å². The molecule has 1 aliphatic heterocycles. The second-order valence-corrected chi connectivity index (χ2v) is 11.5. The van der Waals surface area contributed by atoms with Crippen molar-refractivity contribution in [2.45, 2.75) is 23.7 Å². The van der Waals surface area contributed by atoms with E-state index in [4.69, 9.17) is 4.98 Å². The Morgan fingerprint density at radius 1 is 1.00 bits per heavy atom. The van der Waals surface area contributed by atoms with Gasteiger partial charge in [-0.05, 0) is 49.4 Å². The number of likely N-dealkylation sites (N-methyl/N-ethyl adjacent to an activating group) is 1. The van der Waals surface area contributed by atoms with Gasteiger partial charge < -0.3 is 15.1 Å². The van der Waals surface area contributed by atoms with Crippen LogP contribution in [-0.4, -0.2) is 66.5 Å². The molecule has 0 unspecified atom stereocenters. The van der Waals surface area contributed by atoms with E-state index in [1.165, 1.54) is 12.4 Å². The van der Waals surface area contributed by atoms with Crippen LogP contribution < -0.4 is 10.2 Å². The summed E-state index contributed by atoms with van der Waals surface area (Å²) >= 11 is 0. The fourth-order valence-electron chi connectivity index (χ4n) is 4.28. The number of nitrogens with zero attached hydrogens (tertiary/aromatic N) is 6. The fraction of sp³-hybridized carbons (Fsp3) is 0.308. The summed E-state index contributed by atoms with van der Waals surface area (Å²) < 4.78 is 65.3. The SMILES string of the molecule is Cc1ccc(CS(=O)(=O)c2cccc(C(F)(F)F)c2)cc1Nc1ncnc2cnc(N3CCN(C)CC3)nc12. The molecule has 0 atom stereocenters. The molecule has 0 saturated carbocycles. The summed E-state index contributed by atoms with van der Waals surface area (Å²) in [7, 11) is -1.97. The third-order valence-corrected chi connectivity index (χ3v) is 8.27. The molecule has 13 heteroatoms. The minimum atomic E-state index is -4.64. The first-order chi connectivity index (χ1) is 18.5. The molecule has 1 fully saturated rings. The minimum absolute atomic E-state index is 0.387. The number of halogens is 3. The van der Waals surface area contributed by atoms with Crippen LogP contribution in [0.25, 0.3) is 11.0 Å². The van der Waals surface area contributed by atoms with E-state index in [1.807, 2.05) is 6.92 Å². The quantitative estimate of drug-likeness (QED) is 0.373. The highest BCUT2D eigenvalue weighted by Gasteiger charge is 2.31. The number of hydrogen-bond acceptors (Lipinski definition) is 9. The number of fused-ring (bicyclic) bond motifs is 1.